The molecule has 25 heavy (non-hydrogen) atoms. The molecule has 0 N–H and O–H groups in total. The number of allylic oxidation sites excluding steroid dienone is 2. The summed E-state index contributed by atoms with van der Waals surface area (Å²) in [4.78, 5) is 0. The predicted octanol–water partition coefficient (Wildman–Crippen LogP) is 4.57. The van der Waals surface area contributed by atoms with Crippen LogP contribution in [-0.4, -0.2) is 11.9 Å². The van der Waals surface area contributed by atoms with Crippen molar-refractivity contribution < 1.29 is 0 Å². The van der Waals surface area contributed by atoms with E-state index in [-0.39, 0.29) is 0 Å². The number of hydrogen-bond acceptors (Lipinski definition) is 2. The van der Waals surface area contributed by atoms with Gasteiger partial charge in [0.25, 0.3) is 0 Å². The molecule has 6 rings (SSSR count). The van der Waals surface area contributed by atoms with E-state index >= 15 is 0 Å². The fraction of sp³-hybridized carbons (Fsp3) is 0.0435. The molecule has 2 heteroatoms. The molecule has 0 saturated carbocycles. The SMILES string of the molecule is C1=CC2=c3c4cccc5cccc(c6cccc(c36)CC2=NN=C1)c54. The lowest BCUT2D eigenvalue weighted by atomic mass is 9.83. The van der Waals surface area contributed by atoms with Crippen molar-refractivity contribution in [3.63, 3.8) is 0 Å². The molecule has 1 aliphatic carbocycles. The van der Waals surface area contributed by atoms with Crippen molar-refractivity contribution in [2.45, 2.75) is 6.42 Å². The van der Waals surface area contributed by atoms with Gasteiger partial charge in [-0.15, -0.1) is 0 Å². The first-order valence-corrected chi connectivity index (χ1v) is 8.58. The first-order valence-electron chi connectivity index (χ1n) is 8.58. The Bertz CT molecular complexity index is 1350. The second-order valence-electron chi connectivity index (χ2n) is 6.68. The van der Waals surface area contributed by atoms with Crippen LogP contribution in [0.3, 0.4) is 0 Å². The summed E-state index contributed by atoms with van der Waals surface area (Å²) in [6.45, 7) is 0. The Hall–Kier alpha value is -3.26. The zero-order valence-electron chi connectivity index (χ0n) is 13.5. The van der Waals surface area contributed by atoms with E-state index in [1.165, 1.54) is 48.7 Å². The minimum absolute atomic E-state index is 0.835. The molecule has 0 bridgehead atoms. The van der Waals surface area contributed by atoms with E-state index in [0.717, 1.165) is 12.1 Å². The molecule has 2 aliphatic rings. The molecule has 2 nitrogen and oxygen atoms in total. The monoisotopic (exact) mass is 318 g/mol. The number of nitrogens with zero attached hydrogens (tertiary/aromatic N) is 2. The Balaban J connectivity index is 2.05. The molecule has 1 aliphatic heterocycles. The molecular weight excluding hydrogens is 304 g/mol. The maximum absolute atomic E-state index is 4.48. The summed E-state index contributed by atoms with van der Waals surface area (Å²) < 4.78 is 0. The minimum atomic E-state index is 0.835. The van der Waals surface area contributed by atoms with Crippen LogP contribution in [0.2, 0.25) is 0 Å². The Morgan fingerprint density at radius 1 is 0.760 bits per heavy atom. The molecule has 0 amide bonds. The quantitative estimate of drug-likeness (QED) is 0.335. The van der Waals surface area contributed by atoms with Crippen LogP contribution in [0, 0.1) is 0 Å². The molecule has 1 heterocycles. The molecule has 4 aromatic carbocycles. The minimum Gasteiger partial charge on any atom is -0.159 e. The normalized spacial score (nSPS) is 15.7. The summed E-state index contributed by atoms with van der Waals surface area (Å²) in [5, 5.41) is 17.9. The van der Waals surface area contributed by atoms with Crippen LogP contribution in [0.15, 0.2) is 77.0 Å². The molecule has 116 valence electrons. The summed E-state index contributed by atoms with van der Waals surface area (Å²) in [5.41, 5.74) is 3.60. The molecule has 0 unspecified atom stereocenters. The molecule has 0 spiro atoms. The fourth-order valence-corrected chi connectivity index (χ4v) is 4.42. The van der Waals surface area contributed by atoms with Crippen LogP contribution in [-0.2, 0) is 6.42 Å². The van der Waals surface area contributed by atoms with Crippen molar-refractivity contribution in [3.05, 3.63) is 77.5 Å². The van der Waals surface area contributed by atoms with Crippen LogP contribution in [0.4, 0.5) is 0 Å². The predicted molar refractivity (Wildman–Crippen MR) is 106 cm³/mol. The standard InChI is InChI=1S/C23H14N2/c1-5-14-6-2-10-19-21(14)16(8-1)17-9-3-7-15-13-20-18(23(19)22(15)17)11-4-12-24-25-20/h1-12H,13H2. The van der Waals surface area contributed by atoms with Gasteiger partial charge in [0.05, 0.1) is 5.71 Å². The second-order valence-corrected chi connectivity index (χ2v) is 6.68. The number of benzene rings is 4. The van der Waals surface area contributed by atoms with Crippen molar-refractivity contribution in [3.8, 4) is 0 Å². The summed E-state index contributed by atoms with van der Waals surface area (Å²) in [7, 11) is 0. The largest absolute Gasteiger partial charge is 0.159 e. The third-order valence-electron chi connectivity index (χ3n) is 5.40. The first kappa shape index (κ1) is 13.1. The molecular formula is C23H14N2. The Morgan fingerprint density at radius 3 is 2.40 bits per heavy atom. The highest BCUT2D eigenvalue weighted by atomic mass is 15.2. The van der Waals surface area contributed by atoms with Crippen LogP contribution in [0.25, 0.3) is 37.9 Å². The third kappa shape index (κ3) is 1.64. The van der Waals surface area contributed by atoms with Crippen LogP contribution in [0.5, 0.6) is 0 Å². The van der Waals surface area contributed by atoms with Gasteiger partial charge >= 0.3 is 0 Å². The van der Waals surface area contributed by atoms with Crippen molar-refractivity contribution in [2.24, 2.45) is 10.2 Å². The van der Waals surface area contributed by atoms with Crippen molar-refractivity contribution >= 4 is 49.8 Å². The lowest BCUT2D eigenvalue weighted by Crippen LogP contribution is -2.23. The maximum atomic E-state index is 4.48. The number of rotatable bonds is 0. The van der Waals surface area contributed by atoms with E-state index in [9.17, 15) is 0 Å². The van der Waals surface area contributed by atoms with Gasteiger partial charge in [0.15, 0.2) is 0 Å². The van der Waals surface area contributed by atoms with E-state index in [0.29, 0.717) is 0 Å². The summed E-state index contributed by atoms with van der Waals surface area (Å²) in [5.74, 6) is 0. The summed E-state index contributed by atoms with van der Waals surface area (Å²) in [6.07, 6.45) is 6.76. The van der Waals surface area contributed by atoms with Crippen LogP contribution < -0.4 is 5.22 Å². The molecule has 0 radical (unpaired) electrons. The molecule has 0 atom stereocenters. The number of hydrogen-bond donors (Lipinski definition) is 0. The summed E-state index contributed by atoms with van der Waals surface area (Å²) >= 11 is 0. The van der Waals surface area contributed by atoms with Crippen molar-refractivity contribution in [1.29, 1.82) is 0 Å². The topological polar surface area (TPSA) is 24.7 Å². The van der Waals surface area contributed by atoms with Gasteiger partial charge in [-0.25, -0.2) is 0 Å². The van der Waals surface area contributed by atoms with Crippen molar-refractivity contribution in [1.82, 2.24) is 0 Å². The number of fused-ring (bicyclic) bond motifs is 3. The first-order chi connectivity index (χ1) is 12.4. The van der Waals surface area contributed by atoms with Crippen molar-refractivity contribution in [2.75, 3.05) is 0 Å². The fourth-order valence-electron chi connectivity index (χ4n) is 4.42. The summed E-state index contributed by atoms with van der Waals surface area (Å²) in [6, 6.07) is 19.9. The maximum Gasteiger partial charge on any atom is 0.0753 e. The molecule has 0 fully saturated rings. The van der Waals surface area contributed by atoms with Gasteiger partial charge in [-0.2, -0.15) is 10.2 Å². The Labute approximate surface area is 144 Å². The third-order valence-corrected chi connectivity index (χ3v) is 5.40. The second kappa shape index (κ2) is 4.64. The van der Waals surface area contributed by atoms with Gasteiger partial charge < -0.3 is 0 Å². The highest BCUT2D eigenvalue weighted by molar-refractivity contribution is 6.31. The lowest BCUT2D eigenvalue weighted by molar-refractivity contribution is 1.21. The van der Waals surface area contributed by atoms with E-state index in [4.69, 9.17) is 0 Å². The Morgan fingerprint density at radius 2 is 1.52 bits per heavy atom. The lowest BCUT2D eigenvalue weighted by Gasteiger charge is -2.20. The van der Waals surface area contributed by atoms with E-state index < -0.39 is 0 Å². The van der Waals surface area contributed by atoms with Gasteiger partial charge in [0, 0.05) is 18.2 Å². The van der Waals surface area contributed by atoms with Gasteiger partial charge in [-0.1, -0.05) is 60.7 Å². The van der Waals surface area contributed by atoms with Crippen LogP contribution >= 0.6 is 0 Å². The van der Waals surface area contributed by atoms with E-state index in [1.54, 1.807) is 6.21 Å². The van der Waals surface area contributed by atoms with E-state index in [2.05, 4.69) is 70.9 Å². The van der Waals surface area contributed by atoms with Crippen LogP contribution in [0.1, 0.15) is 5.56 Å². The highest BCUT2D eigenvalue weighted by Crippen LogP contribution is 2.34. The molecule has 4 aromatic rings. The van der Waals surface area contributed by atoms with E-state index in [1.807, 2.05) is 6.08 Å². The Kier molecular flexibility index (Phi) is 2.43. The van der Waals surface area contributed by atoms with Gasteiger partial charge in [0.2, 0.25) is 0 Å². The average molecular weight is 318 g/mol. The molecule has 0 aromatic heterocycles. The zero-order chi connectivity index (χ0) is 16.4. The molecule has 0 saturated heterocycles. The van der Waals surface area contributed by atoms with Gasteiger partial charge in [-0.05, 0) is 49.2 Å². The van der Waals surface area contributed by atoms with Gasteiger partial charge in [-0.3, -0.25) is 0 Å². The smallest absolute Gasteiger partial charge is 0.0753 e. The average Bonchev–Trinajstić information content (AvgIpc) is 2.90. The highest BCUT2D eigenvalue weighted by Gasteiger charge is 2.21. The zero-order valence-corrected chi connectivity index (χ0v) is 13.5. The van der Waals surface area contributed by atoms with Gasteiger partial charge in [0.1, 0.15) is 0 Å².